The van der Waals surface area contributed by atoms with Gasteiger partial charge < -0.3 is 19.8 Å². The van der Waals surface area contributed by atoms with Gasteiger partial charge in [0.15, 0.2) is 0 Å². The van der Waals surface area contributed by atoms with E-state index in [9.17, 15) is 30.7 Å². The van der Waals surface area contributed by atoms with Gasteiger partial charge in [-0.05, 0) is 30.2 Å². The average Bonchev–Trinajstić information content (AvgIpc) is 3.16. The molecular formula is C23H25F7N4O5. The third-order valence-electron chi connectivity index (χ3n) is 5.60. The van der Waals surface area contributed by atoms with Crippen molar-refractivity contribution in [3.05, 3.63) is 54.1 Å². The van der Waals surface area contributed by atoms with Gasteiger partial charge in [-0.15, -0.1) is 0 Å². The maximum Gasteiger partial charge on any atom is 0.490 e. The number of nitrogens with zero attached hydrogens (tertiary/aromatic N) is 4. The van der Waals surface area contributed by atoms with Gasteiger partial charge in [-0.1, -0.05) is 12.1 Å². The first-order valence-corrected chi connectivity index (χ1v) is 11.3. The van der Waals surface area contributed by atoms with Crippen LogP contribution in [0.15, 0.2) is 42.7 Å². The molecule has 9 nitrogen and oxygen atoms in total. The maximum atomic E-state index is 13.1. The van der Waals surface area contributed by atoms with Gasteiger partial charge >= 0.3 is 24.3 Å². The number of halogens is 7. The Balaban J connectivity index is 0.000000317. The standard InChI is InChI=1S/C19H23FN4O.2C2HF3O2/c20-17-4-2-16(3-5-17)12-23-10-11-25-15-19(13-23)6-9-24(14-19)18-21-7-1-8-22-18;2*3-2(4,5)1(6)7/h1-5,7-8H,6,9-15H2;2*(H,6,7). The molecule has 2 aromatic rings. The molecule has 3 heterocycles. The first kappa shape index (κ1) is 31.7. The first-order valence-electron chi connectivity index (χ1n) is 11.3. The molecule has 2 N–H and O–H groups in total. The van der Waals surface area contributed by atoms with E-state index in [4.69, 9.17) is 24.5 Å². The zero-order valence-corrected chi connectivity index (χ0v) is 20.3. The molecular weight excluding hydrogens is 545 g/mol. The van der Waals surface area contributed by atoms with Crippen molar-refractivity contribution in [1.29, 1.82) is 0 Å². The molecule has 2 fully saturated rings. The van der Waals surface area contributed by atoms with Crippen molar-refractivity contribution in [2.24, 2.45) is 5.41 Å². The largest absolute Gasteiger partial charge is 0.490 e. The van der Waals surface area contributed by atoms with Crippen molar-refractivity contribution in [3.8, 4) is 0 Å². The van der Waals surface area contributed by atoms with E-state index < -0.39 is 24.3 Å². The predicted molar refractivity (Wildman–Crippen MR) is 121 cm³/mol. The van der Waals surface area contributed by atoms with Crippen LogP contribution in [0.1, 0.15) is 12.0 Å². The van der Waals surface area contributed by atoms with Gasteiger partial charge in [-0.3, -0.25) is 4.90 Å². The third-order valence-corrected chi connectivity index (χ3v) is 5.60. The van der Waals surface area contributed by atoms with Crippen LogP contribution in [0.25, 0.3) is 0 Å². The van der Waals surface area contributed by atoms with E-state index in [1.807, 2.05) is 18.2 Å². The zero-order valence-electron chi connectivity index (χ0n) is 20.3. The number of carboxylic acids is 2. The lowest BCUT2D eigenvalue weighted by molar-refractivity contribution is -0.193. The summed E-state index contributed by atoms with van der Waals surface area (Å²) in [6.45, 7) is 6.09. The Morgan fingerprint density at radius 1 is 0.923 bits per heavy atom. The van der Waals surface area contributed by atoms with Crippen LogP contribution in [-0.2, 0) is 20.9 Å². The summed E-state index contributed by atoms with van der Waals surface area (Å²) in [5.74, 6) is -4.90. The third kappa shape index (κ3) is 10.6. The van der Waals surface area contributed by atoms with Gasteiger partial charge in [0.1, 0.15) is 5.82 Å². The minimum atomic E-state index is -5.08. The highest BCUT2D eigenvalue weighted by Gasteiger charge is 2.42. The summed E-state index contributed by atoms with van der Waals surface area (Å²) in [6.07, 6.45) is -5.51. The van der Waals surface area contributed by atoms with E-state index in [2.05, 4.69) is 19.8 Å². The number of carboxylic acid groups (broad SMARTS) is 2. The number of benzene rings is 1. The molecule has 0 amide bonds. The van der Waals surface area contributed by atoms with Crippen LogP contribution in [0.5, 0.6) is 0 Å². The molecule has 1 aromatic carbocycles. The van der Waals surface area contributed by atoms with Crippen LogP contribution in [-0.4, -0.2) is 88.8 Å². The van der Waals surface area contributed by atoms with Crippen LogP contribution in [0.3, 0.4) is 0 Å². The fourth-order valence-corrected chi connectivity index (χ4v) is 3.87. The Hall–Kier alpha value is -3.53. The summed E-state index contributed by atoms with van der Waals surface area (Å²) >= 11 is 0. The number of aliphatic carboxylic acids is 2. The maximum absolute atomic E-state index is 13.1. The molecule has 2 saturated heterocycles. The Morgan fingerprint density at radius 3 is 1.97 bits per heavy atom. The molecule has 2 aliphatic rings. The number of alkyl halides is 6. The lowest BCUT2D eigenvalue weighted by Gasteiger charge is -2.31. The molecule has 0 bridgehead atoms. The minimum absolute atomic E-state index is 0.107. The van der Waals surface area contributed by atoms with E-state index in [0.29, 0.717) is 0 Å². The molecule has 39 heavy (non-hydrogen) atoms. The summed E-state index contributed by atoms with van der Waals surface area (Å²) < 4.78 is 82.5. The van der Waals surface area contributed by atoms with Gasteiger partial charge in [0.2, 0.25) is 5.95 Å². The summed E-state index contributed by atoms with van der Waals surface area (Å²) in [7, 11) is 0. The molecule has 0 radical (unpaired) electrons. The van der Waals surface area contributed by atoms with Crippen LogP contribution < -0.4 is 4.90 Å². The number of rotatable bonds is 3. The van der Waals surface area contributed by atoms with E-state index in [1.54, 1.807) is 12.4 Å². The second-order valence-electron chi connectivity index (χ2n) is 8.72. The quantitative estimate of drug-likeness (QED) is 0.534. The Kier molecular flexibility index (Phi) is 11.0. The summed E-state index contributed by atoms with van der Waals surface area (Å²) in [5.41, 5.74) is 1.25. The van der Waals surface area contributed by atoms with Crippen LogP contribution in [0, 0.1) is 11.2 Å². The van der Waals surface area contributed by atoms with E-state index in [-0.39, 0.29) is 11.2 Å². The van der Waals surface area contributed by atoms with Crippen LogP contribution in [0.4, 0.5) is 36.7 Å². The summed E-state index contributed by atoms with van der Waals surface area (Å²) in [5, 5.41) is 14.2. The Labute approximate surface area is 217 Å². The summed E-state index contributed by atoms with van der Waals surface area (Å²) in [6, 6.07) is 8.64. The lowest BCUT2D eigenvalue weighted by Crippen LogP contribution is -2.40. The van der Waals surface area contributed by atoms with Crippen molar-refractivity contribution >= 4 is 17.9 Å². The second kappa shape index (κ2) is 13.5. The fraction of sp³-hybridized carbons (Fsp3) is 0.478. The highest BCUT2D eigenvalue weighted by molar-refractivity contribution is 5.73. The van der Waals surface area contributed by atoms with E-state index in [1.165, 1.54) is 12.1 Å². The van der Waals surface area contributed by atoms with Crippen molar-refractivity contribution < 1.29 is 55.3 Å². The number of anilines is 1. The molecule has 0 aliphatic carbocycles. The molecule has 1 unspecified atom stereocenters. The van der Waals surface area contributed by atoms with Crippen LogP contribution in [0.2, 0.25) is 0 Å². The molecule has 2 aliphatic heterocycles. The van der Waals surface area contributed by atoms with Crippen molar-refractivity contribution in [2.45, 2.75) is 25.3 Å². The van der Waals surface area contributed by atoms with Crippen molar-refractivity contribution in [1.82, 2.24) is 14.9 Å². The minimum Gasteiger partial charge on any atom is -0.475 e. The molecule has 1 aromatic heterocycles. The first-order chi connectivity index (χ1) is 18.1. The van der Waals surface area contributed by atoms with Crippen molar-refractivity contribution in [3.63, 3.8) is 0 Å². The average molecular weight is 570 g/mol. The molecule has 216 valence electrons. The Bertz CT molecular complexity index is 1050. The SMILES string of the molecule is Fc1ccc(CN2CCOCC3(CCN(c4ncccn4)C3)C2)cc1.O=C(O)C(F)(F)F.O=C(O)C(F)(F)F. The number of carbonyl (C=O) groups is 2. The molecule has 1 atom stereocenters. The molecule has 1 spiro atoms. The van der Waals surface area contributed by atoms with Gasteiger partial charge in [-0.2, -0.15) is 26.3 Å². The normalized spacial score (nSPS) is 19.8. The lowest BCUT2D eigenvalue weighted by atomic mass is 9.87. The molecule has 0 saturated carbocycles. The van der Waals surface area contributed by atoms with Gasteiger partial charge in [0.05, 0.1) is 13.2 Å². The van der Waals surface area contributed by atoms with Gasteiger partial charge in [-0.25, -0.2) is 23.9 Å². The molecule has 16 heteroatoms. The highest BCUT2D eigenvalue weighted by atomic mass is 19.4. The van der Waals surface area contributed by atoms with Crippen molar-refractivity contribution in [2.75, 3.05) is 44.3 Å². The number of hydrogen-bond acceptors (Lipinski definition) is 7. The number of ether oxygens (including phenoxy) is 1. The fourth-order valence-electron chi connectivity index (χ4n) is 3.87. The van der Waals surface area contributed by atoms with Gasteiger partial charge in [0, 0.05) is 50.5 Å². The smallest absolute Gasteiger partial charge is 0.475 e. The Morgan fingerprint density at radius 2 is 1.46 bits per heavy atom. The number of hydrogen-bond donors (Lipinski definition) is 2. The topological polar surface area (TPSA) is 116 Å². The van der Waals surface area contributed by atoms with E-state index >= 15 is 0 Å². The van der Waals surface area contributed by atoms with Gasteiger partial charge in [0.25, 0.3) is 0 Å². The van der Waals surface area contributed by atoms with E-state index in [0.717, 1.165) is 63.9 Å². The zero-order chi connectivity index (χ0) is 29.3. The predicted octanol–water partition coefficient (Wildman–Crippen LogP) is 3.61. The monoisotopic (exact) mass is 570 g/mol. The highest BCUT2D eigenvalue weighted by Crippen LogP contribution is 2.35. The number of aromatic nitrogens is 2. The second-order valence-corrected chi connectivity index (χ2v) is 8.72. The molecule has 4 rings (SSSR count). The van der Waals surface area contributed by atoms with Crippen LogP contribution >= 0.6 is 0 Å². The summed E-state index contributed by atoms with van der Waals surface area (Å²) in [4.78, 5) is 31.2.